The zero-order chi connectivity index (χ0) is 20.3. The summed E-state index contributed by atoms with van der Waals surface area (Å²) in [6.07, 6.45) is 0. The summed E-state index contributed by atoms with van der Waals surface area (Å²) in [5.74, 6) is -1.65. The molecule has 11 nitrogen and oxygen atoms in total. The number of nitrogens with zero attached hydrogens (tertiary/aromatic N) is 3. The first kappa shape index (κ1) is 19.6. The van der Waals surface area contributed by atoms with E-state index in [1.165, 1.54) is 39.2 Å². The molecule has 1 amide bonds. The van der Waals surface area contributed by atoms with Crippen molar-refractivity contribution in [2.24, 2.45) is 14.1 Å². The van der Waals surface area contributed by atoms with Crippen LogP contribution in [0.2, 0.25) is 0 Å². The molecule has 1 aromatic carbocycles. The van der Waals surface area contributed by atoms with Crippen molar-refractivity contribution in [1.82, 2.24) is 9.13 Å². The standard InChI is InChI=1S/C16H16N4O7/c1-9-6-10(4-5-11(9)20(25)26)15(23)27-8-13(21)17-12-7-14(22)19(3)16(24)18(12)2/h4-7H,8H2,1-3H3,(H,17,21). The Balaban J connectivity index is 2.05. The van der Waals surface area contributed by atoms with Gasteiger partial charge in [0.05, 0.1) is 10.5 Å². The third-order valence-electron chi connectivity index (χ3n) is 3.76. The predicted octanol–water partition coefficient (Wildman–Crippen LogP) is 0.0961. The second-order valence-electron chi connectivity index (χ2n) is 5.65. The van der Waals surface area contributed by atoms with E-state index in [1.54, 1.807) is 0 Å². The molecule has 2 rings (SSSR count). The third kappa shape index (κ3) is 4.26. The Bertz CT molecular complexity index is 1050. The summed E-state index contributed by atoms with van der Waals surface area (Å²) < 4.78 is 6.77. The van der Waals surface area contributed by atoms with Crippen molar-refractivity contribution >= 4 is 23.4 Å². The molecule has 1 heterocycles. The molecule has 27 heavy (non-hydrogen) atoms. The lowest BCUT2D eigenvalue weighted by Crippen LogP contribution is -2.38. The van der Waals surface area contributed by atoms with Gasteiger partial charge in [-0.15, -0.1) is 0 Å². The van der Waals surface area contributed by atoms with Gasteiger partial charge < -0.3 is 10.1 Å². The molecule has 2 aromatic rings. The molecule has 0 spiro atoms. The van der Waals surface area contributed by atoms with Crippen LogP contribution in [0.1, 0.15) is 15.9 Å². The Morgan fingerprint density at radius 3 is 2.44 bits per heavy atom. The van der Waals surface area contributed by atoms with Crippen molar-refractivity contribution in [3.05, 3.63) is 66.3 Å². The third-order valence-corrected chi connectivity index (χ3v) is 3.76. The minimum atomic E-state index is -0.846. The van der Waals surface area contributed by atoms with Crippen molar-refractivity contribution in [3.63, 3.8) is 0 Å². The Hall–Kier alpha value is -3.76. The van der Waals surface area contributed by atoms with Crippen LogP contribution in [-0.4, -0.2) is 32.5 Å². The monoisotopic (exact) mass is 376 g/mol. The molecule has 0 aliphatic carbocycles. The molecule has 0 saturated heterocycles. The lowest BCUT2D eigenvalue weighted by molar-refractivity contribution is -0.385. The number of hydrogen-bond acceptors (Lipinski definition) is 7. The van der Waals surface area contributed by atoms with Gasteiger partial charge in [0.1, 0.15) is 5.82 Å². The van der Waals surface area contributed by atoms with Gasteiger partial charge in [0.2, 0.25) is 0 Å². The lowest BCUT2D eigenvalue weighted by atomic mass is 10.1. The van der Waals surface area contributed by atoms with Crippen LogP contribution in [0.3, 0.4) is 0 Å². The van der Waals surface area contributed by atoms with E-state index in [1.807, 2.05) is 0 Å². The van der Waals surface area contributed by atoms with Crippen LogP contribution in [0.15, 0.2) is 33.9 Å². The number of carbonyl (C=O) groups is 2. The summed E-state index contributed by atoms with van der Waals surface area (Å²) >= 11 is 0. The lowest BCUT2D eigenvalue weighted by Gasteiger charge is -2.11. The van der Waals surface area contributed by atoms with E-state index >= 15 is 0 Å². The molecule has 0 aliphatic rings. The van der Waals surface area contributed by atoms with Crippen molar-refractivity contribution in [1.29, 1.82) is 0 Å². The average Bonchev–Trinajstić information content (AvgIpc) is 2.61. The predicted molar refractivity (Wildman–Crippen MR) is 93.7 cm³/mol. The van der Waals surface area contributed by atoms with Crippen LogP contribution in [0, 0.1) is 17.0 Å². The van der Waals surface area contributed by atoms with Crippen LogP contribution >= 0.6 is 0 Å². The van der Waals surface area contributed by atoms with Crippen molar-refractivity contribution in [2.75, 3.05) is 11.9 Å². The molecule has 0 atom stereocenters. The van der Waals surface area contributed by atoms with Gasteiger partial charge in [-0.25, -0.2) is 9.59 Å². The highest BCUT2D eigenvalue weighted by molar-refractivity contribution is 5.95. The molecular formula is C16H16N4O7. The number of carbonyl (C=O) groups excluding carboxylic acids is 2. The number of aromatic nitrogens is 2. The van der Waals surface area contributed by atoms with E-state index in [4.69, 9.17) is 4.74 Å². The van der Waals surface area contributed by atoms with Crippen molar-refractivity contribution in [3.8, 4) is 0 Å². The maximum atomic E-state index is 12.0. The number of amides is 1. The maximum Gasteiger partial charge on any atom is 0.338 e. The van der Waals surface area contributed by atoms with Crippen molar-refractivity contribution < 1.29 is 19.2 Å². The van der Waals surface area contributed by atoms with Gasteiger partial charge in [0.15, 0.2) is 6.61 Å². The number of nitrogens with one attached hydrogen (secondary N) is 1. The fourth-order valence-electron chi connectivity index (χ4n) is 2.23. The molecule has 1 N–H and O–H groups in total. The summed E-state index contributed by atoms with van der Waals surface area (Å²) in [4.78, 5) is 57.5. The SMILES string of the molecule is Cc1cc(C(=O)OCC(=O)Nc2cc(=O)n(C)c(=O)n2C)ccc1[N+](=O)[O-]. The van der Waals surface area contributed by atoms with Gasteiger partial charge in [0.25, 0.3) is 17.2 Å². The van der Waals surface area contributed by atoms with Gasteiger partial charge in [-0.1, -0.05) is 0 Å². The molecule has 0 saturated carbocycles. The minimum Gasteiger partial charge on any atom is -0.452 e. The fraction of sp³-hybridized carbons (Fsp3) is 0.250. The topological polar surface area (TPSA) is 143 Å². The van der Waals surface area contributed by atoms with Gasteiger partial charge in [-0.05, 0) is 19.1 Å². The summed E-state index contributed by atoms with van der Waals surface area (Å²) in [5, 5.41) is 13.1. The Morgan fingerprint density at radius 2 is 1.85 bits per heavy atom. The number of ether oxygens (including phenoxy) is 1. The van der Waals surface area contributed by atoms with Crippen LogP contribution in [0.4, 0.5) is 11.5 Å². The molecule has 0 radical (unpaired) electrons. The van der Waals surface area contributed by atoms with E-state index < -0.39 is 34.7 Å². The van der Waals surface area contributed by atoms with Gasteiger partial charge in [0, 0.05) is 31.8 Å². The number of nitro benzene ring substituents is 1. The van der Waals surface area contributed by atoms with Gasteiger partial charge >= 0.3 is 11.7 Å². The summed E-state index contributed by atoms with van der Waals surface area (Å²) in [6.45, 7) is 0.802. The Kier molecular flexibility index (Phi) is 5.54. The number of nitro groups is 1. The van der Waals surface area contributed by atoms with Crippen molar-refractivity contribution in [2.45, 2.75) is 6.92 Å². The fourth-order valence-corrected chi connectivity index (χ4v) is 2.23. The minimum absolute atomic E-state index is 0.0460. The summed E-state index contributed by atoms with van der Waals surface area (Å²) in [6, 6.07) is 4.72. The number of anilines is 1. The normalized spacial score (nSPS) is 10.3. The molecule has 0 bridgehead atoms. The molecule has 0 unspecified atom stereocenters. The zero-order valence-electron chi connectivity index (χ0n) is 14.7. The summed E-state index contributed by atoms with van der Waals surface area (Å²) in [7, 11) is 2.66. The van der Waals surface area contributed by atoms with E-state index in [-0.39, 0.29) is 22.6 Å². The second-order valence-corrected chi connectivity index (χ2v) is 5.65. The highest BCUT2D eigenvalue weighted by atomic mass is 16.6. The quantitative estimate of drug-likeness (QED) is 0.443. The first-order valence-corrected chi connectivity index (χ1v) is 7.61. The second kappa shape index (κ2) is 7.64. The van der Waals surface area contributed by atoms with E-state index in [2.05, 4.69) is 5.32 Å². The summed E-state index contributed by atoms with van der Waals surface area (Å²) in [5.41, 5.74) is -1.06. The van der Waals surface area contributed by atoms with E-state index in [0.29, 0.717) is 0 Å². The first-order valence-electron chi connectivity index (χ1n) is 7.61. The molecule has 11 heteroatoms. The highest BCUT2D eigenvalue weighted by Gasteiger charge is 2.16. The number of benzene rings is 1. The van der Waals surface area contributed by atoms with Crippen LogP contribution < -0.4 is 16.6 Å². The Morgan fingerprint density at radius 1 is 1.19 bits per heavy atom. The number of esters is 1. The van der Waals surface area contributed by atoms with E-state index in [9.17, 15) is 29.3 Å². The maximum absolute atomic E-state index is 12.0. The largest absolute Gasteiger partial charge is 0.452 e. The number of hydrogen-bond donors (Lipinski definition) is 1. The van der Waals surface area contributed by atoms with Crippen LogP contribution in [0.25, 0.3) is 0 Å². The van der Waals surface area contributed by atoms with Crippen LogP contribution in [-0.2, 0) is 23.6 Å². The van der Waals surface area contributed by atoms with Crippen LogP contribution in [0.5, 0.6) is 0 Å². The molecule has 142 valence electrons. The molecular weight excluding hydrogens is 360 g/mol. The van der Waals surface area contributed by atoms with E-state index in [0.717, 1.165) is 15.2 Å². The molecule has 0 fully saturated rings. The average molecular weight is 376 g/mol. The Labute approximate surface area is 151 Å². The highest BCUT2D eigenvalue weighted by Crippen LogP contribution is 2.19. The molecule has 0 aliphatic heterocycles. The zero-order valence-corrected chi connectivity index (χ0v) is 14.7. The first-order chi connectivity index (χ1) is 12.6. The smallest absolute Gasteiger partial charge is 0.338 e. The number of aryl methyl sites for hydroxylation is 1. The van der Waals surface area contributed by atoms with Gasteiger partial charge in [-0.3, -0.25) is 28.8 Å². The van der Waals surface area contributed by atoms with Gasteiger partial charge in [-0.2, -0.15) is 0 Å². The number of rotatable bonds is 5. The molecule has 1 aromatic heterocycles.